The van der Waals surface area contributed by atoms with Crippen LogP contribution in [-0.4, -0.2) is 60.7 Å². The highest BCUT2D eigenvalue weighted by Crippen LogP contribution is 2.65. The second-order valence-electron chi connectivity index (χ2n) is 14.1. The van der Waals surface area contributed by atoms with Crippen LogP contribution in [0.5, 0.6) is 11.5 Å². The Morgan fingerprint density at radius 3 is 2.26 bits per heavy atom. The second kappa shape index (κ2) is 15.8. The molecule has 5 aromatic carbocycles. The van der Waals surface area contributed by atoms with Crippen LogP contribution in [0.3, 0.4) is 0 Å². The van der Waals surface area contributed by atoms with E-state index in [4.69, 9.17) is 14.2 Å². The van der Waals surface area contributed by atoms with E-state index in [-0.39, 0.29) is 19.8 Å². The number of aliphatic hydroxyl groups is 1. The maximum absolute atomic E-state index is 15.3. The molecule has 286 valence electrons. The highest BCUT2D eigenvalue weighted by Gasteiger charge is 2.74. The Morgan fingerprint density at radius 2 is 1.56 bits per heavy atom. The lowest BCUT2D eigenvalue weighted by molar-refractivity contribution is -0.178. The molecule has 1 spiro atoms. The Labute approximate surface area is 331 Å². The molecule has 2 amide bonds. The van der Waals surface area contributed by atoms with Gasteiger partial charge < -0.3 is 30.0 Å². The number of ether oxygens (including phenoxy) is 3. The Hall–Kier alpha value is -6.67. The number of hydrogen-bond donors (Lipinski definition) is 3. The van der Waals surface area contributed by atoms with Gasteiger partial charge in [-0.25, -0.2) is 0 Å². The van der Waals surface area contributed by atoms with Gasteiger partial charge in [0.2, 0.25) is 11.8 Å². The Kier molecular flexibility index (Phi) is 10.3. The van der Waals surface area contributed by atoms with Crippen molar-refractivity contribution < 1.29 is 33.7 Å². The fourth-order valence-corrected chi connectivity index (χ4v) is 8.74. The van der Waals surface area contributed by atoms with E-state index in [0.717, 1.165) is 16.7 Å². The molecule has 0 unspecified atom stereocenters. The van der Waals surface area contributed by atoms with Crippen LogP contribution in [0.4, 0.5) is 5.69 Å². The van der Waals surface area contributed by atoms with Crippen LogP contribution >= 0.6 is 0 Å². The lowest BCUT2D eigenvalue weighted by Crippen LogP contribution is -2.54. The van der Waals surface area contributed by atoms with E-state index in [2.05, 4.69) is 29.1 Å². The van der Waals surface area contributed by atoms with Crippen molar-refractivity contribution in [2.75, 3.05) is 32.2 Å². The number of para-hydroxylation sites is 1. The molecule has 10 heteroatoms. The van der Waals surface area contributed by atoms with E-state index < -0.39 is 53.3 Å². The lowest BCUT2D eigenvalue weighted by atomic mass is 9.65. The summed E-state index contributed by atoms with van der Waals surface area (Å²) in [5.41, 5.74) is 2.79. The third-order valence-corrected chi connectivity index (χ3v) is 11.0. The molecule has 6 atom stereocenters. The Balaban J connectivity index is 1.42. The van der Waals surface area contributed by atoms with Gasteiger partial charge >= 0.3 is 5.97 Å². The molecule has 5 aromatic rings. The molecular weight excluding hydrogens is 719 g/mol. The van der Waals surface area contributed by atoms with Crippen molar-refractivity contribution in [1.29, 1.82) is 0 Å². The molecule has 0 aliphatic carbocycles. The number of anilines is 1. The number of amides is 2. The van der Waals surface area contributed by atoms with Crippen LogP contribution in [0.2, 0.25) is 0 Å². The molecule has 3 heterocycles. The molecule has 3 N–H and O–H groups in total. The van der Waals surface area contributed by atoms with E-state index in [9.17, 15) is 14.7 Å². The maximum Gasteiger partial charge on any atom is 0.324 e. The number of aliphatic hydroxyl groups excluding tert-OH is 1. The summed E-state index contributed by atoms with van der Waals surface area (Å²) >= 11 is 0. The van der Waals surface area contributed by atoms with E-state index in [1.54, 1.807) is 25.3 Å². The number of carbonyl (C=O) groups excluding carboxylic acids is 3. The van der Waals surface area contributed by atoms with Crippen molar-refractivity contribution in [3.63, 3.8) is 0 Å². The predicted octanol–water partition coefficient (Wildman–Crippen LogP) is 6.04. The smallest absolute Gasteiger partial charge is 0.324 e. The maximum atomic E-state index is 15.3. The third-order valence-electron chi connectivity index (χ3n) is 11.0. The monoisotopic (exact) mass is 759 g/mol. The van der Waals surface area contributed by atoms with E-state index in [0.29, 0.717) is 33.9 Å². The van der Waals surface area contributed by atoms with Gasteiger partial charge in [-0.3, -0.25) is 19.3 Å². The number of methoxy groups -OCH3 is 1. The van der Waals surface area contributed by atoms with Crippen LogP contribution in [0.25, 0.3) is 0 Å². The van der Waals surface area contributed by atoms with E-state index in [1.807, 2.05) is 120 Å². The van der Waals surface area contributed by atoms with Crippen LogP contribution in [0, 0.1) is 17.8 Å². The van der Waals surface area contributed by atoms with Gasteiger partial charge in [-0.1, -0.05) is 96.8 Å². The lowest BCUT2D eigenvalue weighted by Gasteiger charge is -2.46. The minimum Gasteiger partial charge on any atom is -0.497 e. The second-order valence-corrected chi connectivity index (χ2v) is 14.1. The number of rotatable bonds is 10. The topological polar surface area (TPSA) is 126 Å². The molecule has 0 saturated carbocycles. The summed E-state index contributed by atoms with van der Waals surface area (Å²) in [6.07, 6.45) is 0.739. The van der Waals surface area contributed by atoms with Crippen molar-refractivity contribution in [3.05, 3.63) is 173 Å². The van der Waals surface area contributed by atoms with Gasteiger partial charge in [-0.2, -0.15) is 0 Å². The first kappa shape index (κ1) is 37.3. The number of morpholine rings is 1. The fraction of sp³-hybridized carbons (Fsp3) is 0.213. The number of carbonyl (C=O) groups is 3. The molecule has 0 aromatic heterocycles. The van der Waals surface area contributed by atoms with Crippen molar-refractivity contribution in [2.45, 2.75) is 29.6 Å². The van der Waals surface area contributed by atoms with Gasteiger partial charge in [0, 0.05) is 28.9 Å². The zero-order valence-electron chi connectivity index (χ0n) is 31.3. The number of nitrogens with zero attached hydrogens (tertiary/aromatic N) is 1. The number of fused-ring (bicyclic) bond motifs is 3. The number of nitrogens with one attached hydrogen (secondary N) is 2. The summed E-state index contributed by atoms with van der Waals surface area (Å²) in [4.78, 5) is 47.2. The normalized spacial score (nSPS) is 23.3. The number of cyclic esters (lactones) is 1. The SMILES string of the molecule is C=CCNC(=O)[C@@H]1[C@H]2C(=O)O[C@H](c3ccccc3)[C@H](c3ccccc3)N2[C@H](c2ccccc2OCCO)[C@@]12C(=O)Nc1ccc(C#Cc3ccc(OC)cc3)cc12. The highest BCUT2D eigenvalue weighted by atomic mass is 16.6. The van der Waals surface area contributed by atoms with Gasteiger partial charge in [0.25, 0.3) is 0 Å². The van der Waals surface area contributed by atoms with Gasteiger partial charge in [-0.15, -0.1) is 6.58 Å². The van der Waals surface area contributed by atoms with Crippen molar-refractivity contribution in [2.24, 2.45) is 5.92 Å². The highest BCUT2D eigenvalue weighted by molar-refractivity contribution is 6.12. The molecule has 57 heavy (non-hydrogen) atoms. The third kappa shape index (κ3) is 6.51. The van der Waals surface area contributed by atoms with E-state index >= 15 is 4.79 Å². The Bertz CT molecular complexity index is 2370. The number of benzene rings is 5. The van der Waals surface area contributed by atoms with Crippen molar-refractivity contribution in [3.8, 4) is 23.3 Å². The summed E-state index contributed by atoms with van der Waals surface area (Å²) < 4.78 is 18.0. The first-order chi connectivity index (χ1) is 27.9. The molecule has 3 aliphatic rings. The molecule has 8 rings (SSSR count). The minimum absolute atomic E-state index is 0.0198. The quantitative estimate of drug-likeness (QED) is 0.0895. The first-order valence-corrected chi connectivity index (χ1v) is 18.8. The number of esters is 1. The summed E-state index contributed by atoms with van der Waals surface area (Å²) in [6.45, 7) is 3.63. The molecule has 2 saturated heterocycles. The molecular formula is C47H41N3O7. The molecule has 3 aliphatic heterocycles. The van der Waals surface area contributed by atoms with E-state index in [1.165, 1.54) is 0 Å². The fourth-order valence-electron chi connectivity index (χ4n) is 8.74. The van der Waals surface area contributed by atoms with Crippen LogP contribution in [-0.2, 0) is 24.5 Å². The molecule has 10 nitrogen and oxygen atoms in total. The molecule has 0 radical (unpaired) electrons. The first-order valence-electron chi connectivity index (χ1n) is 18.8. The van der Waals surface area contributed by atoms with Gasteiger partial charge in [0.05, 0.1) is 31.7 Å². The standard InChI is InChI=1S/C47H41N3O7/c1-3-26-48-44(52)39-41-45(53)57-42(33-14-8-5-9-15-33)40(32-12-6-4-7-13-32)50(41)43(35-16-10-11-17-38(35)56-28-27-51)47(39)36-29-31(22-25-37(36)49-46(47)54)19-18-30-20-23-34(55-2)24-21-30/h3-17,20-25,29,39-43,51H,1,26-28H2,2H3,(H,48,52)(H,49,54)/t39-,40-,41-,42+,43+,47-/m0/s1. The summed E-state index contributed by atoms with van der Waals surface area (Å²) in [5.74, 6) is 4.68. The van der Waals surface area contributed by atoms with Crippen molar-refractivity contribution >= 4 is 23.5 Å². The predicted molar refractivity (Wildman–Crippen MR) is 214 cm³/mol. The summed E-state index contributed by atoms with van der Waals surface area (Å²) in [7, 11) is 1.60. The van der Waals surface area contributed by atoms with Gasteiger partial charge in [0.15, 0.2) is 0 Å². The minimum atomic E-state index is -1.72. The Morgan fingerprint density at radius 1 is 0.895 bits per heavy atom. The van der Waals surface area contributed by atoms with Crippen LogP contribution < -0.4 is 20.1 Å². The zero-order chi connectivity index (χ0) is 39.5. The van der Waals surface area contributed by atoms with Gasteiger partial charge in [0.1, 0.15) is 35.7 Å². The number of hydrogen-bond acceptors (Lipinski definition) is 8. The summed E-state index contributed by atoms with van der Waals surface area (Å²) in [6, 6.07) is 36.4. The largest absolute Gasteiger partial charge is 0.497 e. The zero-order valence-corrected chi connectivity index (χ0v) is 31.3. The van der Waals surface area contributed by atoms with Crippen LogP contribution in [0.15, 0.2) is 140 Å². The average molecular weight is 760 g/mol. The van der Waals surface area contributed by atoms with Gasteiger partial charge in [-0.05, 0) is 65.2 Å². The molecule has 2 fully saturated rings. The molecule has 0 bridgehead atoms. The van der Waals surface area contributed by atoms with Crippen LogP contribution in [0.1, 0.15) is 51.6 Å². The van der Waals surface area contributed by atoms with Crippen molar-refractivity contribution in [1.82, 2.24) is 10.2 Å². The average Bonchev–Trinajstić information content (AvgIpc) is 3.73. The summed E-state index contributed by atoms with van der Waals surface area (Å²) in [5, 5.41) is 15.9.